The SMILES string of the molecule is N=C(N)CN1CCOC2CCCCC21. The molecule has 1 saturated heterocycles. The second-order valence-electron chi connectivity index (χ2n) is 4.26. The zero-order chi connectivity index (χ0) is 9.97. The third kappa shape index (κ3) is 2.07. The monoisotopic (exact) mass is 197 g/mol. The first-order chi connectivity index (χ1) is 6.77. The van der Waals surface area contributed by atoms with Gasteiger partial charge in [0.05, 0.1) is 19.3 Å². The molecule has 80 valence electrons. The van der Waals surface area contributed by atoms with E-state index in [1.807, 2.05) is 0 Å². The number of nitrogens with zero attached hydrogens (tertiary/aromatic N) is 1. The van der Waals surface area contributed by atoms with Crippen molar-refractivity contribution in [1.82, 2.24) is 4.90 Å². The lowest BCUT2D eigenvalue weighted by atomic mass is 9.90. The van der Waals surface area contributed by atoms with Crippen LogP contribution in [0.4, 0.5) is 0 Å². The van der Waals surface area contributed by atoms with Gasteiger partial charge in [-0.3, -0.25) is 10.3 Å². The molecule has 1 aliphatic heterocycles. The van der Waals surface area contributed by atoms with Gasteiger partial charge in [-0.1, -0.05) is 12.8 Å². The number of hydrogen-bond acceptors (Lipinski definition) is 3. The lowest BCUT2D eigenvalue weighted by molar-refractivity contribution is -0.0828. The molecule has 2 atom stereocenters. The highest BCUT2D eigenvalue weighted by Crippen LogP contribution is 2.27. The maximum atomic E-state index is 7.33. The van der Waals surface area contributed by atoms with Gasteiger partial charge in [-0.15, -0.1) is 0 Å². The molecule has 14 heavy (non-hydrogen) atoms. The zero-order valence-corrected chi connectivity index (χ0v) is 8.54. The summed E-state index contributed by atoms with van der Waals surface area (Å²) in [5.74, 6) is 0.274. The molecule has 1 saturated carbocycles. The summed E-state index contributed by atoms with van der Waals surface area (Å²) in [5.41, 5.74) is 5.45. The van der Waals surface area contributed by atoms with Crippen LogP contribution >= 0.6 is 0 Å². The Labute approximate surface area is 84.9 Å². The van der Waals surface area contributed by atoms with E-state index in [0.29, 0.717) is 18.7 Å². The van der Waals surface area contributed by atoms with Gasteiger partial charge < -0.3 is 10.5 Å². The molecule has 0 aromatic heterocycles. The Morgan fingerprint density at radius 2 is 2.21 bits per heavy atom. The quantitative estimate of drug-likeness (QED) is 0.502. The lowest BCUT2D eigenvalue weighted by Gasteiger charge is -2.43. The predicted octanol–water partition coefficient (Wildman–Crippen LogP) is 0.566. The Kier molecular flexibility index (Phi) is 3.03. The van der Waals surface area contributed by atoms with Crippen molar-refractivity contribution in [1.29, 1.82) is 5.41 Å². The van der Waals surface area contributed by atoms with Gasteiger partial charge in [0.1, 0.15) is 5.84 Å². The first-order valence-corrected chi connectivity index (χ1v) is 5.46. The van der Waals surface area contributed by atoms with E-state index in [-0.39, 0.29) is 5.84 Å². The Morgan fingerprint density at radius 3 is 3.00 bits per heavy atom. The largest absolute Gasteiger partial charge is 0.387 e. The van der Waals surface area contributed by atoms with Gasteiger partial charge in [0.15, 0.2) is 0 Å². The smallest absolute Gasteiger partial charge is 0.105 e. The molecule has 0 amide bonds. The van der Waals surface area contributed by atoms with E-state index < -0.39 is 0 Å². The van der Waals surface area contributed by atoms with Crippen LogP contribution < -0.4 is 5.73 Å². The molecule has 0 radical (unpaired) electrons. The Bertz CT molecular complexity index is 217. The first kappa shape index (κ1) is 9.93. The van der Waals surface area contributed by atoms with Crippen LogP contribution in [0.15, 0.2) is 0 Å². The van der Waals surface area contributed by atoms with Crippen molar-refractivity contribution >= 4 is 5.84 Å². The van der Waals surface area contributed by atoms with Crippen LogP contribution in [-0.2, 0) is 4.74 Å². The third-order valence-corrected chi connectivity index (χ3v) is 3.22. The van der Waals surface area contributed by atoms with Gasteiger partial charge in [0, 0.05) is 12.6 Å². The Hall–Kier alpha value is -0.610. The third-order valence-electron chi connectivity index (χ3n) is 3.22. The Morgan fingerprint density at radius 1 is 1.43 bits per heavy atom. The summed E-state index contributed by atoms with van der Waals surface area (Å²) in [4.78, 5) is 2.32. The molecule has 2 fully saturated rings. The zero-order valence-electron chi connectivity index (χ0n) is 8.54. The summed E-state index contributed by atoms with van der Waals surface area (Å²) in [6.45, 7) is 2.35. The average molecular weight is 197 g/mol. The van der Waals surface area contributed by atoms with Crippen molar-refractivity contribution < 1.29 is 4.74 Å². The maximum absolute atomic E-state index is 7.33. The highest BCUT2D eigenvalue weighted by molar-refractivity contribution is 5.79. The molecule has 4 heteroatoms. The number of ether oxygens (including phenoxy) is 1. The number of nitrogens with one attached hydrogen (secondary N) is 1. The van der Waals surface area contributed by atoms with Gasteiger partial charge in [-0.25, -0.2) is 0 Å². The highest BCUT2D eigenvalue weighted by atomic mass is 16.5. The topological polar surface area (TPSA) is 62.3 Å². The number of fused-ring (bicyclic) bond motifs is 1. The number of morpholine rings is 1. The molecular formula is C10H19N3O. The minimum Gasteiger partial charge on any atom is -0.387 e. The van der Waals surface area contributed by atoms with Gasteiger partial charge in [0.25, 0.3) is 0 Å². The molecule has 0 bridgehead atoms. The van der Waals surface area contributed by atoms with Crippen LogP contribution in [0.1, 0.15) is 25.7 Å². The van der Waals surface area contributed by atoms with Gasteiger partial charge >= 0.3 is 0 Å². The van der Waals surface area contributed by atoms with Crippen LogP contribution in [-0.4, -0.2) is 42.6 Å². The fraction of sp³-hybridized carbons (Fsp3) is 0.900. The number of rotatable bonds is 2. The van der Waals surface area contributed by atoms with Gasteiger partial charge in [0.2, 0.25) is 0 Å². The minimum atomic E-state index is 0.274. The van der Waals surface area contributed by atoms with Gasteiger partial charge in [-0.05, 0) is 12.8 Å². The van der Waals surface area contributed by atoms with Crippen LogP contribution in [0.3, 0.4) is 0 Å². The maximum Gasteiger partial charge on any atom is 0.105 e. The standard InChI is InChI=1S/C10H19N3O/c11-10(12)7-13-5-6-14-9-4-2-1-3-8(9)13/h8-9H,1-7H2,(H3,11,12). The lowest BCUT2D eigenvalue weighted by Crippen LogP contribution is -2.54. The second kappa shape index (κ2) is 4.28. The normalized spacial score (nSPS) is 33.7. The van der Waals surface area contributed by atoms with Crippen molar-refractivity contribution in [2.45, 2.75) is 37.8 Å². The minimum absolute atomic E-state index is 0.274. The van der Waals surface area contributed by atoms with E-state index >= 15 is 0 Å². The summed E-state index contributed by atoms with van der Waals surface area (Å²) in [6, 6.07) is 0.515. The molecule has 2 rings (SSSR count). The van der Waals surface area contributed by atoms with E-state index in [1.54, 1.807) is 0 Å². The molecule has 0 aromatic rings. The fourth-order valence-corrected chi connectivity index (χ4v) is 2.59. The summed E-state index contributed by atoms with van der Waals surface area (Å²) >= 11 is 0. The average Bonchev–Trinajstić information content (AvgIpc) is 2.18. The molecule has 3 N–H and O–H groups in total. The molecule has 2 aliphatic rings. The Balaban J connectivity index is 1.97. The number of nitrogens with two attached hydrogens (primary N) is 1. The fourth-order valence-electron chi connectivity index (χ4n) is 2.59. The first-order valence-electron chi connectivity index (χ1n) is 5.46. The van der Waals surface area contributed by atoms with Crippen molar-refractivity contribution in [3.63, 3.8) is 0 Å². The van der Waals surface area contributed by atoms with E-state index in [0.717, 1.165) is 13.2 Å². The van der Waals surface area contributed by atoms with Crippen LogP contribution in [0.2, 0.25) is 0 Å². The van der Waals surface area contributed by atoms with E-state index in [2.05, 4.69) is 4.90 Å². The number of hydrogen-bond donors (Lipinski definition) is 2. The molecule has 2 unspecified atom stereocenters. The van der Waals surface area contributed by atoms with Crippen molar-refractivity contribution in [3.8, 4) is 0 Å². The van der Waals surface area contributed by atoms with E-state index in [9.17, 15) is 0 Å². The summed E-state index contributed by atoms with van der Waals surface area (Å²) in [7, 11) is 0. The molecule has 1 aliphatic carbocycles. The van der Waals surface area contributed by atoms with Crippen molar-refractivity contribution in [2.75, 3.05) is 19.7 Å². The molecule has 4 nitrogen and oxygen atoms in total. The highest BCUT2D eigenvalue weighted by Gasteiger charge is 2.33. The summed E-state index contributed by atoms with van der Waals surface area (Å²) in [5, 5.41) is 7.33. The van der Waals surface area contributed by atoms with Crippen molar-refractivity contribution in [2.24, 2.45) is 5.73 Å². The van der Waals surface area contributed by atoms with Crippen LogP contribution in [0.5, 0.6) is 0 Å². The molecular weight excluding hydrogens is 178 g/mol. The summed E-state index contributed by atoms with van der Waals surface area (Å²) in [6.07, 6.45) is 5.36. The second-order valence-corrected chi connectivity index (χ2v) is 4.26. The van der Waals surface area contributed by atoms with Crippen molar-refractivity contribution in [3.05, 3.63) is 0 Å². The van der Waals surface area contributed by atoms with Gasteiger partial charge in [-0.2, -0.15) is 0 Å². The van der Waals surface area contributed by atoms with Crippen LogP contribution in [0.25, 0.3) is 0 Å². The van der Waals surface area contributed by atoms with E-state index in [1.165, 1.54) is 25.7 Å². The summed E-state index contributed by atoms with van der Waals surface area (Å²) < 4.78 is 5.74. The number of amidine groups is 1. The van der Waals surface area contributed by atoms with Crippen LogP contribution in [0, 0.1) is 5.41 Å². The van der Waals surface area contributed by atoms with E-state index in [4.69, 9.17) is 15.9 Å². The molecule has 0 spiro atoms. The predicted molar refractivity (Wildman–Crippen MR) is 55.5 cm³/mol. The molecule has 0 aromatic carbocycles. The molecule has 1 heterocycles.